The Labute approximate surface area is 138 Å². The van der Waals surface area contributed by atoms with E-state index < -0.39 is 6.04 Å². The van der Waals surface area contributed by atoms with Crippen LogP contribution < -0.4 is 10.1 Å². The van der Waals surface area contributed by atoms with Crippen LogP contribution in [0.2, 0.25) is 0 Å². The van der Waals surface area contributed by atoms with Gasteiger partial charge in [0.15, 0.2) is 0 Å². The first-order valence-corrected chi connectivity index (χ1v) is 8.25. The summed E-state index contributed by atoms with van der Waals surface area (Å²) in [5.41, 5.74) is 0.456. The predicted molar refractivity (Wildman–Crippen MR) is 89.5 cm³/mol. The minimum absolute atomic E-state index is 0.0273. The van der Waals surface area contributed by atoms with Crippen LogP contribution in [0, 0.1) is 5.92 Å². The van der Waals surface area contributed by atoms with Crippen molar-refractivity contribution in [3.05, 3.63) is 29.8 Å². The first-order valence-electron chi connectivity index (χ1n) is 8.25. The van der Waals surface area contributed by atoms with Gasteiger partial charge in [-0.05, 0) is 37.3 Å². The highest BCUT2D eigenvalue weighted by molar-refractivity contribution is 5.99. The van der Waals surface area contributed by atoms with Gasteiger partial charge in [0.2, 0.25) is 5.91 Å². The summed E-state index contributed by atoms with van der Waals surface area (Å²) in [6.45, 7) is 5.69. The molecule has 1 aromatic rings. The van der Waals surface area contributed by atoms with Crippen molar-refractivity contribution in [3.63, 3.8) is 0 Å². The van der Waals surface area contributed by atoms with Crippen LogP contribution in [0.5, 0.6) is 5.75 Å². The molecule has 126 valence electrons. The van der Waals surface area contributed by atoms with Crippen molar-refractivity contribution in [2.45, 2.75) is 39.2 Å². The molecule has 1 atom stereocenters. The number of hydrogen-bond donors (Lipinski definition) is 1. The van der Waals surface area contributed by atoms with E-state index in [4.69, 9.17) is 4.74 Å². The van der Waals surface area contributed by atoms with E-state index in [1.165, 1.54) is 7.11 Å². The second kappa shape index (κ2) is 7.99. The highest BCUT2D eigenvalue weighted by atomic mass is 16.5. The molecule has 1 saturated heterocycles. The van der Waals surface area contributed by atoms with Gasteiger partial charge in [-0.1, -0.05) is 26.0 Å². The van der Waals surface area contributed by atoms with Crippen LogP contribution >= 0.6 is 0 Å². The zero-order valence-corrected chi connectivity index (χ0v) is 14.2. The van der Waals surface area contributed by atoms with Crippen LogP contribution in [0.15, 0.2) is 24.3 Å². The third-order valence-electron chi connectivity index (χ3n) is 4.08. The second-order valence-corrected chi connectivity index (χ2v) is 6.39. The molecule has 2 amide bonds. The van der Waals surface area contributed by atoms with Gasteiger partial charge in [0.05, 0.1) is 12.7 Å². The fourth-order valence-corrected chi connectivity index (χ4v) is 2.92. The molecule has 0 unspecified atom stereocenters. The summed E-state index contributed by atoms with van der Waals surface area (Å²) in [5.74, 6) is 0.603. The molecule has 1 heterocycles. The van der Waals surface area contributed by atoms with Gasteiger partial charge >= 0.3 is 0 Å². The first-order chi connectivity index (χ1) is 11.0. The Morgan fingerprint density at radius 3 is 2.48 bits per heavy atom. The molecule has 1 aliphatic heterocycles. The highest BCUT2D eigenvalue weighted by Crippen LogP contribution is 2.19. The van der Waals surface area contributed by atoms with Gasteiger partial charge in [-0.15, -0.1) is 0 Å². The van der Waals surface area contributed by atoms with Gasteiger partial charge in [0.1, 0.15) is 11.8 Å². The molecule has 0 radical (unpaired) electrons. The van der Waals surface area contributed by atoms with Crippen LogP contribution in [0.25, 0.3) is 0 Å². The molecule has 1 fully saturated rings. The van der Waals surface area contributed by atoms with E-state index in [1.54, 1.807) is 18.2 Å². The van der Waals surface area contributed by atoms with E-state index >= 15 is 0 Å². The lowest BCUT2D eigenvalue weighted by Crippen LogP contribution is -2.48. The largest absolute Gasteiger partial charge is 0.496 e. The summed E-state index contributed by atoms with van der Waals surface area (Å²) in [7, 11) is 1.53. The van der Waals surface area contributed by atoms with Gasteiger partial charge < -0.3 is 15.0 Å². The van der Waals surface area contributed by atoms with Crippen molar-refractivity contribution in [1.29, 1.82) is 0 Å². The van der Waals surface area contributed by atoms with Gasteiger partial charge in [-0.25, -0.2) is 0 Å². The molecule has 0 bridgehead atoms. The number of methoxy groups -OCH3 is 1. The maximum atomic E-state index is 12.7. The highest BCUT2D eigenvalue weighted by Gasteiger charge is 2.29. The number of carbonyl (C=O) groups is 2. The summed E-state index contributed by atoms with van der Waals surface area (Å²) in [6.07, 6.45) is 2.72. The smallest absolute Gasteiger partial charge is 0.255 e. The Bertz CT molecular complexity index is 551. The van der Waals surface area contributed by atoms with E-state index in [0.717, 1.165) is 25.9 Å². The Morgan fingerprint density at radius 1 is 1.22 bits per heavy atom. The number of benzene rings is 1. The van der Waals surface area contributed by atoms with E-state index in [0.29, 0.717) is 23.7 Å². The zero-order valence-electron chi connectivity index (χ0n) is 14.2. The quantitative estimate of drug-likeness (QED) is 0.876. The molecule has 0 aliphatic carbocycles. The lowest BCUT2D eigenvalue weighted by molar-refractivity contribution is -0.132. The normalized spacial score (nSPS) is 15.6. The first kappa shape index (κ1) is 17.3. The summed E-state index contributed by atoms with van der Waals surface area (Å²) >= 11 is 0. The summed E-state index contributed by atoms with van der Waals surface area (Å²) in [5, 5.41) is 2.91. The second-order valence-electron chi connectivity index (χ2n) is 6.39. The van der Waals surface area contributed by atoms with Crippen molar-refractivity contribution in [1.82, 2.24) is 10.2 Å². The van der Waals surface area contributed by atoms with Crippen molar-refractivity contribution in [3.8, 4) is 5.75 Å². The Morgan fingerprint density at radius 2 is 1.87 bits per heavy atom. The van der Waals surface area contributed by atoms with Crippen molar-refractivity contribution in [2.75, 3.05) is 20.2 Å². The van der Waals surface area contributed by atoms with E-state index in [-0.39, 0.29) is 11.8 Å². The van der Waals surface area contributed by atoms with E-state index in [9.17, 15) is 9.59 Å². The van der Waals surface area contributed by atoms with Crippen LogP contribution in [0.4, 0.5) is 0 Å². The van der Waals surface area contributed by atoms with Gasteiger partial charge in [0.25, 0.3) is 5.91 Å². The van der Waals surface area contributed by atoms with Crippen molar-refractivity contribution in [2.24, 2.45) is 5.92 Å². The number of carbonyl (C=O) groups excluding carboxylic acids is 2. The lowest BCUT2D eigenvalue weighted by Gasteiger charge is -2.25. The zero-order chi connectivity index (χ0) is 16.8. The lowest BCUT2D eigenvalue weighted by atomic mass is 10.0. The van der Waals surface area contributed by atoms with Crippen molar-refractivity contribution >= 4 is 11.8 Å². The Hall–Kier alpha value is -2.04. The molecule has 0 aromatic heterocycles. The minimum atomic E-state index is -0.481. The summed E-state index contributed by atoms with van der Waals surface area (Å²) in [6, 6.07) is 6.58. The van der Waals surface area contributed by atoms with Gasteiger partial charge in [-0.3, -0.25) is 9.59 Å². The summed E-state index contributed by atoms with van der Waals surface area (Å²) < 4.78 is 5.23. The molecule has 1 N–H and O–H groups in total. The maximum absolute atomic E-state index is 12.7. The van der Waals surface area contributed by atoms with Crippen molar-refractivity contribution < 1.29 is 14.3 Å². The summed E-state index contributed by atoms with van der Waals surface area (Å²) in [4.78, 5) is 27.1. The van der Waals surface area contributed by atoms with Crippen LogP contribution in [0.3, 0.4) is 0 Å². The molecular weight excluding hydrogens is 292 g/mol. The number of likely N-dealkylation sites (tertiary alicyclic amines) is 1. The fourth-order valence-electron chi connectivity index (χ4n) is 2.92. The number of hydrogen-bond acceptors (Lipinski definition) is 3. The van der Waals surface area contributed by atoms with Crippen LogP contribution in [-0.2, 0) is 4.79 Å². The SMILES string of the molecule is COc1ccccc1C(=O)N[C@H](CC(C)C)C(=O)N1CCCC1. The molecule has 5 nitrogen and oxygen atoms in total. The topological polar surface area (TPSA) is 58.6 Å². The minimum Gasteiger partial charge on any atom is -0.496 e. The molecule has 0 spiro atoms. The van der Waals surface area contributed by atoms with Gasteiger partial charge in [0, 0.05) is 13.1 Å². The predicted octanol–water partition coefficient (Wildman–Crippen LogP) is 2.46. The molecule has 2 rings (SSSR count). The molecular formula is C18H26N2O3. The monoisotopic (exact) mass is 318 g/mol. The number of ether oxygens (including phenoxy) is 1. The molecule has 1 aromatic carbocycles. The third kappa shape index (κ3) is 4.47. The van der Waals surface area contributed by atoms with E-state index in [2.05, 4.69) is 19.2 Å². The van der Waals surface area contributed by atoms with Crippen LogP contribution in [-0.4, -0.2) is 43.0 Å². The third-order valence-corrected chi connectivity index (χ3v) is 4.08. The number of nitrogens with one attached hydrogen (secondary N) is 1. The molecule has 5 heteroatoms. The number of nitrogens with zero attached hydrogens (tertiary/aromatic N) is 1. The molecule has 0 saturated carbocycles. The average Bonchev–Trinajstić information content (AvgIpc) is 3.07. The molecule has 23 heavy (non-hydrogen) atoms. The van der Waals surface area contributed by atoms with Gasteiger partial charge in [-0.2, -0.15) is 0 Å². The average molecular weight is 318 g/mol. The van der Waals surface area contributed by atoms with Crippen LogP contribution in [0.1, 0.15) is 43.5 Å². The fraction of sp³-hybridized carbons (Fsp3) is 0.556. The maximum Gasteiger partial charge on any atom is 0.255 e. The Balaban J connectivity index is 2.13. The Kier molecular flexibility index (Phi) is 6.02. The number of amides is 2. The van der Waals surface area contributed by atoms with E-state index in [1.807, 2.05) is 11.0 Å². The number of rotatable bonds is 6. The molecule has 1 aliphatic rings. The standard InChI is InChI=1S/C18H26N2O3/c1-13(2)12-15(18(22)20-10-6-7-11-20)19-17(21)14-8-4-5-9-16(14)23-3/h4-5,8-9,13,15H,6-7,10-12H2,1-3H3,(H,19,21)/t15-/m1/s1. The number of para-hydroxylation sites is 1.